The first-order chi connectivity index (χ1) is 8.92. The molecule has 0 fully saturated rings. The van der Waals surface area contributed by atoms with Crippen LogP contribution in [0.4, 0.5) is 0 Å². The van der Waals surface area contributed by atoms with Crippen LogP contribution >= 0.6 is 15.9 Å². The Kier molecular flexibility index (Phi) is 6.24. The molecule has 1 unspecified atom stereocenters. The van der Waals surface area contributed by atoms with Crippen molar-refractivity contribution in [2.24, 2.45) is 11.7 Å². The fraction of sp³-hybridized carbons (Fsp3) is 0.538. The van der Waals surface area contributed by atoms with E-state index >= 15 is 0 Å². The summed E-state index contributed by atoms with van der Waals surface area (Å²) < 4.78 is 2.12. The molecule has 0 radical (unpaired) electrons. The third-order valence-corrected chi connectivity index (χ3v) is 3.14. The zero-order valence-corrected chi connectivity index (χ0v) is 12.8. The van der Waals surface area contributed by atoms with Crippen molar-refractivity contribution in [2.75, 3.05) is 6.54 Å². The number of pyridine rings is 1. The van der Waals surface area contributed by atoms with E-state index in [0.717, 1.165) is 10.9 Å². The lowest BCUT2D eigenvalue weighted by Crippen LogP contribution is -2.43. The van der Waals surface area contributed by atoms with Crippen LogP contribution in [-0.2, 0) is 11.3 Å². The fourth-order valence-corrected chi connectivity index (χ4v) is 2.22. The minimum absolute atomic E-state index is 0.00681. The Morgan fingerprint density at radius 1 is 1.47 bits per heavy atom. The summed E-state index contributed by atoms with van der Waals surface area (Å²) in [6.45, 7) is 4.56. The van der Waals surface area contributed by atoms with E-state index in [-0.39, 0.29) is 24.1 Å². The van der Waals surface area contributed by atoms with Crippen LogP contribution in [0.1, 0.15) is 20.3 Å². The standard InChI is InChI=1S/C13H20BrN3O2/c1-9(2)5-11(6-15)16-12(18)8-17-7-10(14)3-4-13(17)19/h3-4,7,9,11H,5-6,8,15H2,1-2H3,(H,16,18). The summed E-state index contributed by atoms with van der Waals surface area (Å²) in [5.41, 5.74) is 5.42. The van der Waals surface area contributed by atoms with E-state index < -0.39 is 0 Å². The Hall–Kier alpha value is -1.14. The normalized spacial score (nSPS) is 12.5. The molecule has 0 bridgehead atoms. The van der Waals surface area contributed by atoms with Crippen LogP contribution in [0.3, 0.4) is 0 Å². The molecule has 1 aromatic heterocycles. The van der Waals surface area contributed by atoms with E-state index in [1.807, 2.05) is 0 Å². The van der Waals surface area contributed by atoms with Gasteiger partial charge in [0.15, 0.2) is 0 Å². The molecule has 1 atom stereocenters. The fourth-order valence-electron chi connectivity index (χ4n) is 1.84. The van der Waals surface area contributed by atoms with Gasteiger partial charge in [-0.1, -0.05) is 13.8 Å². The van der Waals surface area contributed by atoms with Gasteiger partial charge in [0.25, 0.3) is 5.56 Å². The molecule has 1 amide bonds. The van der Waals surface area contributed by atoms with E-state index in [0.29, 0.717) is 12.5 Å². The second kappa shape index (κ2) is 7.45. The molecule has 0 aliphatic heterocycles. The molecule has 106 valence electrons. The largest absolute Gasteiger partial charge is 0.351 e. The number of amides is 1. The Labute approximate surface area is 121 Å². The summed E-state index contributed by atoms with van der Waals surface area (Å²) in [5.74, 6) is 0.263. The summed E-state index contributed by atoms with van der Waals surface area (Å²) in [6.07, 6.45) is 2.43. The van der Waals surface area contributed by atoms with Crippen molar-refractivity contribution in [1.29, 1.82) is 0 Å². The first-order valence-electron chi connectivity index (χ1n) is 6.27. The molecule has 0 aromatic carbocycles. The van der Waals surface area contributed by atoms with Crippen molar-refractivity contribution < 1.29 is 4.79 Å². The smallest absolute Gasteiger partial charge is 0.251 e. The predicted octanol–water partition coefficient (Wildman–Crippen LogP) is 1.10. The SMILES string of the molecule is CC(C)CC(CN)NC(=O)Cn1cc(Br)ccc1=O. The Morgan fingerprint density at radius 2 is 2.16 bits per heavy atom. The van der Waals surface area contributed by atoms with Crippen LogP contribution in [0.2, 0.25) is 0 Å². The maximum absolute atomic E-state index is 11.9. The molecule has 3 N–H and O–H groups in total. The first-order valence-corrected chi connectivity index (χ1v) is 7.07. The van der Waals surface area contributed by atoms with E-state index in [1.165, 1.54) is 10.6 Å². The van der Waals surface area contributed by atoms with Gasteiger partial charge in [-0.3, -0.25) is 9.59 Å². The molecule has 0 aliphatic carbocycles. The van der Waals surface area contributed by atoms with Crippen molar-refractivity contribution in [3.8, 4) is 0 Å². The Morgan fingerprint density at radius 3 is 2.74 bits per heavy atom. The Balaban J connectivity index is 2.64. The molecular weight excluding hydrogens is 310 g/mol. The molecule has 0 saturated heterocycles. The van der Waals surface area contributed by atoms with Crippen LogP contribution in [0.5, 0.6) is 0 Å². The van der Waals surface area contributed by atoms with Gasteiger partial charge in [0.05, 0.1) is 0 Å². The van der Waals surface area contributed by atoms with Crippen LogP contribution in [0, 0.1) is 5.92 Å². The summed E-state index contributed by atoms with van der Waals surface area (Å²) >= 11 is 3.27. The number of carbonyl (C=O) groups is 1. The van der Waals surface area contributed by atoms with Gasteiger partial charge in [0.1, 0.15) is 6.54 Å². The highest BCUT2D eigenvalue weighted by molar-refractivity contribution is 9.10. The van der Waals surface area contributed by atoms with Crippen molar-refractivity contribution in [2.45, 2.75) is 32.9 Å². The number of hydrogen-bond donors (Lipinski definition) is 2. The second-order valence-corrected chi connectivity index (χ2v) is 5.86. The molecular formula is C13H20BrN3O2. The second-order valence-electron chi connectivity index (χ2n) is 4.94. The third kappa shape index (κ3) is 5.57. The minimum atomic E-state index is -0.202. The van der Waals surface area contributed by atoms with Gasteiger partial charge in [-0.15, -0.1) is 0 Å². The topological polar surface area (TPSA) is 77.1 Å². The number of nitrogens with one attached hydrogen (secondary N) is 1. The maximum Gasteiger partial charge on any atom is 0.251 e. The number of carbonyl (C=O) groups excluding carboxylic acids is 1. The summed E-state index contributed by atoms with van der Waals surface area (Å²) in [5, 5.41) is 2.85. The summed E-state index contributed by atoms with van der Waals surface area (Å²) in [6, 6.07) is 3.03. The molecule has 19 heavy (non-hydrogen) atoms. The van der Waals surface area contributed by atoms with Crippen LogP contribution in [0.25, 0.3) is 0 Å². The zero-order valence-electron chi connectivity index (χ0n) is 11.2. The number of nitrogens with two attached hydrogens (primary N) is 1. The number of halogens is 1. The van der Waals surface area contributed by atoms with Crippen LogP contribution in [-0.4, -0.2) is 23.1 Å². The molecule has 6 heteroatoms. The number of aromatic nitrogens is 1. The number of hydrogen-bond acceptors (Lipinski definition) is 3. The molecule has 1 rings (SSSR count). The third-order valence-electron chi connectivity index (χ3n) is 2.67. The maximum atomic E-state index is 11.9. The van der Waals surface area contributed by atoms with Crippen LogP contribution in [0.15, 0.2) is 27.6 Å². The molecule has 1 aromatic rings. The number of nitrogens with zero attached hydrogens (tertiary/aromatic N) is 1. The van der Waals surface area contributed by atoms with Gasteiger partial charge in [-0.25, -0.2) is 0 Å². The van der Waals surface area contributed by atoms with Crippen LogP contribution < -0.4 is 16.6 Å². The average Bonchev–Trinajstić information content (AvgIpc) is 2.32. The lowest BCUT2D eigenvalue weighted by Gasteiger charge is -2.19. The highest BCUT2D eigenvalue weighted by Gasteiger charge is 2.13. The minimum Gasteiger partial charge on any atom is -0.351 e. The van der Waals surface area contributed by atoms with E-state index in [1.54, 1.807) is 12.3 Å². The highest BCUT2D eigenvalue weighted by Crippen LogP contribution is 2.05. The zero-order chi connectivity index (χ0) is 14.4. The van der Waals surface area contributed by atoms with Gasteiger partial charge in [-0.2, -0.15) is 0 Å². The van der Waals surface area contributed by atoms with Gasteiger partial charge < -0.3 is 15.6 Å². The molecule has 1 heterocycles. The molecule has 5 nitrogen and oxygen atoms in total. The lowest BCUT2D eigenvalue weighted by molar-refractivity contribution is -0.122. The first kappa shape index (κ1) is 15.9. The van der Waals surface area contributed by atoms with Crippen molar-refractivity contribution in [3.05, 3.63) is 33.2 Å². The van der Waals surface area contributed by atoms with Gasteiger partial charge in [0, 0.05) is 29.3 Å². The van der Waals surface area contributed by atoms with Gasteiger partial charge >= 0.3 is 0 Å². The molecule has 0 aliphatic rings. The van der Waals surface area contributed by atoms with Crippen molar-refractivity contribution in [3.63, 3.8) is 0 Å². The highest BCUT2D eigenvalue weighted by atomic mass is 79.9. The average molecular weight is 330 g/mol. The van der Waals surface area contributed by atoms with E-state index in [9.17, 15) is 9.59 Å². The van der Waals surface area contributed by atoms with Crippen molar-refractivity contribution in [1.82, 2.24) is 9.88 Å². The quantitative estimate of drug-likeness (QED) is 0.820. The summed E-state index contributed by atoms with van der Waals surface area (Å²) in [7, 11) is 0. The van der Waals surface area contributed by atoms with Gasteiger partial charge in [-0.05, 0) is 34.3 Å². The lowest BCUT2D eigenvalue weighted by atomic mass is 10.0. The van der Waals surface area contributed by atoms with Crippen molar-refractivity contribution >= 4 is 21.8 Å². The Bertz CT molecular complexity index is 485. The van der Waals surface area contributed by atoms with Gasteiger partial charge in [0.2, 0.25) is 5.91 Å². The monoisotopic (exact) mass is 329 g/mol. The number of rotatable bonds is 6. The van der Waals surface area contributed by atoms with E-state index in [4.69, 9.17) is 5.73 Å². The summed E-state index contributed by atoms with van der Waals surface area (Å²) in [4.78, 5) is 23.5. The molecule has 0 spiro atoms. The predicted molar refractivity (Wildman–Crippen MR) is 78.8 cm³/mol. The van der Waals surface area contributed by atoms with E-state index in [2.05, 4.69) is 35.1 Å². The molecule has 0 saturated carbocycles.